The monoisotopic (exact) mass is 310 g/mol. The van der Waals surface area contributed by atoms with Gasteiger partial charge in [-0.15, -0.1) is 0 Å². The second-order valence-electron chi connectivity index (χ2n) is 5.51. The molecule has 1 N–H and O–H groups in total. The van der Waals surface area contributed by atoms with Gasteiger partial charge in [-0.05, 0) is 30.3 Å². The quantitative estimate of drug-likeness (QED) is 0.883. The summed E-state index contributed by atoms with van der Waals surface area (Å²) < 4.78 is 0. The summed E-state index contributed by atoms with van der Waals surface area (Å²) >= 11 is 0. The standard InChI is InChI=1S/C18H18N2O3/c21-13-15-12-14(6-7-17(15)22)18(23)20-10-8-19(9-11-20)16-4-2-1-3-5-16/h1-7,12-13,22H,8-11H2. The fourth-order valence-corrected chi connectivity index (χ4v) is 2.77. The van der Waals surface area contributed by atoms with Crippen LogP contribution in [0.3, 0.4) is 0 Å². The second-order valence-corrected chi connectivity index (χ2v) is 5.51. The molecule has 5 nitrogen and oxygen atoms in total. The molecule has 1 amide bonds. The van der Waals surface area contributed by atoms with Crippen molar-refractivity contribution < 1.29 is 14.7 Å². The molecule has 1 aliphatic heterocycles. The van der Waals surface area contributed by atoms with E-state index in [2.05, 4.69) is 17.0 Å². The molecule has 118 valence electrons. The molecule has 5 heteroatoms. The highest BCUT2D eigenvalue weighted by molar-refractivity contribution is 5.96. The number of nitrogens with zero attached hydrogens (tertiary/aromatic N) is 2. The fraction of sp³-hybridized carbons (Fsp3) is 0.222. The number of aromatic hydroxyl groups is 1. The Balaban J connectivity index is 1.68. The summed E-state index contributed by atoms with van der Waals surface area (Å²) in [4.78, 5) is 27.4. The first kappa shape index (κ1) is 15.1. The SMILES string of the molecule is O=Cc1cc(C(=O)N2CCN(c3ccccc3)CC2)ccc1O. The van der Waals surface area contributed by atoms with Crippen LogP contribution >= 0.6 is 0 Å². The van der Waals surface area contributed by atoms with Gasteiger partial charge < -0.3 is 14.9 Å². The summed E-state index contributed by atoms with van der Waals surface area (Å²) in [6, 6.07) is 14.5. The van der Waals surface area contributed by atoms with Crippen molar-refractivity contribution in [2.75, 3.05) is 31.1 Å². The first-order valence-electron chi connectivity index (χ1n) is 7.56. The lowest BCUT2D eigenvalue weighted by Gasteiger charge is -2.36. The van der Waals surface area contributed by atoms with Crippen LogP contribution < -0.4 is 4.90 Å². The summed E-state index contributed by atoms with van der Waals surface area (Å²) in [5.74, 6) is -0.216. The van der Waals surface area contributed by atoms with Crippen LogP contribution in [-0.4, -0.2) is 48.4 Å². The molecule has 0 bridgehead atoms. The summed E-state index contributed by atoms with van der Waals surface area (Å²) in [5.41, 5.74) is 1.73. The van der Waals surface area contributed by atoms with E-state index in [1.807, 2.05) is 18.2 Å². The third kappa shape index (κ3) is 3.18. The molecule has 0 saturated carbocycles. The lowest BCUT2D eigenvalue weighted by atomic mass is 10.1. The van der Waals surface area contributed by atoms with E-state index in [1.54, 1.807) is 11.0 Å². The molecule has 0 atom stereocenters. The zero-order chi connectivity index (χ0) is 16.2. The molecule has 1 heterocycles. The highest BCUT2D eigenvalue weighted by Gasteiger charge is 2.22. The number of carbonyl (C=O) groups is 2. The highest BCUT2D eigenvalue weighted by Crippen LogP contribution is 2.20. The number of carbonyl (C=O) groups excluding carboxylic acids is 2. The van der Waals surface area contributed by atoms with Gasteiger partial charge in [-0.25, -0.2) is 0 Å². The number of phenols is 1. The molecular weight excluding hydrogens is 292 g/mol. The lowest BCUT2D eigenvalue weighted by molar-refractivity contribution is 0.0747. The normalized spacial score (nSPS) is 14.6. The minimum Gasteiger partial charge on any atom is -0.507 e. The Kier molecular flexibility index (Phi) is 4.28. The number of amides is 1. The maximum Gasteiger partial charge on any atom is 0.254 e. The van der Waals surface area contributed by atoms with E-state index >= 15 is 0 Å². The van der Waals surface area contributed by atoms with Crippen LogP contribution in [0, 0.1) is 0 Å². The van der Waals surface area contributed by atoms with Gasteiger partial charge in [0.05, 0.1) is 5.56 Å². The molecule has 1 saturated heterocycles. The third-order valence-corrected chi connectivity index (χ3v) is 4.09. The van der Waals surface area contributed by atoms with E-state index in [0.717, 1.165) is 18.8 Å². The maximum absolute atomic E-state index is 12.5. The van der Waals surface area contributed by atoms with Crippen molar-refractivity contribution in [3.63, 3.8) is 0 Å². The Labute approximate surface area is 134 Å². The molecule has 0 spiro atoms. The van der Waals surface area contributed by atoms with Crippen LogP contribution in [0.25, 0.3) is 0 Å². The molecule has 23 heavy (non-hydrogen) atoms. The lowest BCUT2D eigenvalue weighted by Crippen LogP contribution is -2.48. The van der Waals surface area contributed by atoms with E-state index in [0.29, 0.717) is 24.9 Å². The zero-order valence-corrected chi connectivity index (χ0v) is 12.7. The van der Waals surface area contributed by atoms with Crippen molar-refractivity contribution in [3.05, 3.63) is 59.7 Å². The van der Waals surface area contributed by atoms with E-state index in [9.17, 15) is 14.7 Å². The number of hydrogen-bond donors (Lipinski definition) is 1. The molecule has 0 radical (unpaired) electrons. The van der Waals surface area contributed by atoms with Gasteiger partial charge in [-0.1, -0.05) is 18.2 Å². The minimum absolute atomic E-state index is 0.106. The van der Waals surface area contributed by atoms with Crippen LogP contribution in [0.2, 0.25) is 0 Å². The Morgan fingerprint density at radius 3 is 2.35 bits per heavy atom. The number of anilines is 1. The largest absolute Gasteiger partial charge is 0.507 e. The Hall–Kier alpha value is -2.82. The second kappa shape index (κ2) is 6.52. The maximum atomic E-state index is 12.5. The Bertz CT molecular complexity index is 707. The number of piperazine rings is 1. The van der Waals surface area contributed by atoms with Crippen LogP contribution in [-0.2, 0) is 0 Å². The molecule has 0 unspecified atom stereocenters. The van der Waals surface area contributed by atoms with Gasteiger partial charge >= 0.3 is 0 Å². The zero-order valence-electron chi connectivity index (χ0n) is 12.7. The molecule has 0 aliphatic carbocycles. The van der Waals surface area contributed by atoms with Crippen molar-refractivity contribution in [1.82, 2.24) is 4.90 Å². The Morgan fingerprint density at radius 2 is 1.70 bits per heavy atom. The first-order valence-corrected chi connectivity index (χ1v) is 7.56. The van der Waals surface area contributed by atoms with Crippen LogP contribution in [0.1, 0.15) is 20.7 Å². The van der Waals surface area contributed by atoms with E-state index in [-0.39, 0.29) is 17.2 Å². The smallest absolute Gasteiger partial charge is 0.254 e. The van der Waals surface area contributed by atoms with Crippen molar-refractivity contribution in [3.8, 4) is 5.75 Å². The van der Waals surface area contributed by atoms with Gasteiger partial charge in [0, 0.05) is 37.4 Å². The van der Waals surface area contributed by atoms with Gasteiger partial charge in [0.1, 0.15) is 5.75 Å². The molecule has 1 aliphatic rings. The summed E-state index contributed by atoms with van der Waals surface area (Å²) in [6.07, 6.45) is 0.555. The van der Waals surface area contributed by atoms with Crippen molar-refractivity contribution >= 4 is 17.9 Å². The predicted octanol–water partition coefficient (Wildman–Crippen LogP) is 2.17. The Morgan fingerprint density at radius 1 is 1.00 bits per heavy atom. The van der Waals surface area contributed by atoms with Gasteiger partial charge in [-0.3, -0.25) is 9.59 Å². The molecule has 0 aromatic heterocycles. The fourth-order valence-electron chi connectivity index (χ4n) is 2.77. The summed E-state index contributed by atoms with van der Waals surface area (Å²) in [7, 11) is 0. The summed E-state index contributed by atoms with van der Waals surface area (Å²) in [6.45, 7) is 2.80. The predicted molar refractivity (Wildman–Crippen MR) is 88.1 cm³/mol. The average molecular weight is 310 g/mol. The van der Waals surface area contributed by atoms with E-state index < -0.39 is 0 Å². The molecule has 2 aromatic carbocycles. The molecular formula is C18H18N2O3. The number of benzene rings is 2. The minimum atomic E-state index is -0.110. The van der Waals surface area contributed by atoms with Crippen LogP contribution in [0.15, 0.2) is 48.5 Å². The van der Waals surface area contributed by atoms with Crippen LogP contribution in [0.5, 0.6) is 5.75 Å². The number of rotatable bonds is 3. The average Bonchev–Trinajstić information content (AvgIpc) is 2.62. The van der Waals surface area contributed by atoms with Crippen molar-refractivity contribution in [2.24, 2.45) is 0 Å². The van der Waals surface area contributed by atoms with Gasteiger partial charge in [0.2, 0.25) is 0 Å². The number of para-hydroxylation sites is 1. The number of aldehydes is 1. The molecule has 2 aromatic rings. The topological polar surface area (TPSA) is 60.9 Å². The third-order valence-electron chi connectivity index (χ3n) is 4.09. The van der Waals surface area contributed by atoms with Crippen molar-refractivity contribution in [1.29, 1.82) is 0 Å². The van der Waals surface area contributed by atoms with Gasteiger partial charge in [0.15, 0.2) is 6.29 Å². The molecule has 3 rings (SSSR count). The van der Waals surface area contributed by atoms with Gasteiger partial charge in [0.25, 0.3) is 5.91 Å². The highest BCUT2D eigenvalue weighted by atomic mass is 16.3. The first-order chi connectivity index (χ1) is 11.2. The van der Waals surface area contributed by atoms with Crippen molar-refractivity contribution in [2.45, 2.75) is 0 Å². The van der Waals surface area contributed by atoms with Gasteiger partial charge in [-0.2, -0.15) is 0 Å². The molecule has 1 fully saturated rings. The van der Waals surface area contributed by atoms with E-state index in [1.165, 1.54) is 12.1 Å². The summed E-state index contributed by atoms with van der Waals surface area (Å²) in [5, 5.41) is 9.53. The number of phenolic OH excluding ortho intramolecular Hbond substituents is 1. The number of hydrogen-bond acceptors (Lipinski definition) is 4. The van der Waals surface area contributed by atoms with E-state index in [4.69, 9.17) is 0 Å². The van der Waals surface area contributed by atoms with Crippen LogP contribution in [0.4, 0.5) is 5.69 Å².